The lowest BCUT2D eigenvalue weighted by atomic mass is 10.0. The van der Waals surface area contributed by atoms with Crippen LogP contribution in [0.3, 0.4) is 0 Å². The van der Waals surface area contributed by atoms with Crippen LogP contribution in [0.15, 0.2) is 42.5 Å². The average Bonchev–Trinajstić information content (AvgIpc) is 2.38. The van der Waals surface area contributed by atoms with Crippen LogP contribution in [-0.2, 0) is 0 Å². The monoisotopic (exact) mass is 291 g/mol. The first kappa shape index (κ1) is 14.5. The Bertz CT molecular complexity index is 642. The van der Waals surface area contributed by atoms with Gasteiger partial charge >= 0.3 is 0 Å². The quantitative estimate of drug-likeness (QED) is 0.898. The summed E-state index contributed by atoms with van der Waals surface area (Å²) in [4.78, 5) is 12.1. The van der Waals surface area contributed by atoms with E-state index in [4.69, 9.17) is 11.6 Å². The summed E-state index contributed by atoms with van der Waals surface area (Å²) >= 11 is 5.67. The second kappa shape index (κ2) is 6.06. The summed E-state index contributed by atoms with van der Waals surface area (Å²) in [5, 5.41) is 3.06. The summed E-state index contributed by atoms with van der Waals surface area (Å²) in [5.74, 6) is -1.07. The fourth-order valence-electron chi connectivity index (χ4n) is 2.10. The highest BCUT2D eigenvalue weighted by atomic mass is 35.5. The molecule has 0 heterocycles. The van der Waals surface area contributed by atoms with Crippen LogP contribution in [0.25, 0.3) is 0 Å². The van der Waals surface area contributed by atoms with E-state index in [0.717, 1.165) is 17.2 Å². The van der Waals surface area contributed by atoms with Crippen molar-refractivity contribution in [3.05, 3.63) is 70.0 Å². The van der Waals surface area contributed by atoms with Crippen molar-refractivity contribution < 1.29 is 9.18 Å². The molecule has 0 spiro atoms. The fraction of sp³-hybridized carbons (Fsp3) is 0.188. The number of amides is 1. The van der Waals surface area contributed by atoms with Crippen LogP contribution >= 0.6 is 11.6 Å². The van der Waals surface area contributed by atoms with Crippen molar-refractivity contribution in [2.45, 2.75) is 19.9 Å². The third kappa shape index (κ3) is 3.17. The van der Waals surface area contributed by atoms with E-state index in [9.17, 15) is 9.18 Å². The second-order valence-corrected chi connectivity index (χ2v) is 5.11. The molecular formula is C16H15ClFNO. The maximum Gasteiger partial charge on any atom is 0.254 e. The van der Waals surface area contributed by atoms with Gasteiger partial charge in [0.15, 0.2) is 0 Å². The predicted octanol–water partition coefficient (Wildman–Crippen LogP) is 4.28. The Morgan fingerprint density at radius 2 is 1.95 bits per heavy atom. The first-order chi connectivity index (χ1) is 9.49. The molecular weight excluding hydrogens is 277 g/mol. The Balaban J connectivity index is 2.17. The number of carbonyl (C=O) groups excluding carboxylic acids is 1. The molecule has 0 aliphatic rings. The van der Waals surface area contributed by atoms with Crippen molar-refractivity contribution in [3.8, 4) is 0 Å². The Hall–Kier alpha value is -1.87. The number of nitrogens with one attached hydrogen (secondary N) is 1. The van der Waals surface area contributed by atoms with Crippen molar-refractivity contribution in [2.24, 2.45) is 0 Å². The van der Waals surface area contributed by atoms with E-state index in [1.807, 2.05) is 38.1 Å². The van der Waals surface area contributed by atoms with E-state index < -0.39 is 11.7 Å². The molecule has 104 valence electrons. The number of rotatable bonds is 3. The number of carbonyl (C=O) groups is 1. The smallest absolute Gasteiger partial charge is 0.254 e. The van der Waals surface area contributed by atoms with E-state index >= 15 is 0 Å². The first-order valence-corrected chi connectivity index (χ1v) is 6.68. The summed E-state index contributed by atoms with van der Waals surface area (Å²) in [5.41, 5.74) is 2.09. The lowest BCUT2D eigenvalue weighted by molar-refractivity contribution is 0.0936. The van der Waals surface area contributed by atoms with Gasteiger partial charge in [0.25, 0.3) is 5.91 Å². The van der Waals surface area contributed by atoms with E-state index in [1.54, 1.807) is 0 Å². The van der Waals surface area contributed by atoms with Crippen LogP contribution in [0.2, 0.25) is 5.02 Å². The van der Waals surface area contributed by atoms with E-state index in [1.165, 1.54) is 12.1 Å². The summed E-state index contributed by atoms with van der Waals surface area (Å²) in [7, 11) is 0. The highest BCUT2D eigenvalue weighted by Gasteiger charge is 2.16. The van der Waals surface area contributed by atoms with Gasteiger partial charge in [-0.05, 0) is 43.2 Å². The summed E-state index contributed by atoms with van der Waals surface area (Å²) in [6.07, 6.45) is 0. The molecule has 0 aliphatic heterocycles. The number of aryl methyl sites for hydroxylation is 1. The van der Waals surface area contributed by atoms with Gasteiger partial charge in [-0.1, -0.05) is 35.9 Å². The number of hydrogen-bond acceptors (Lipinski definition) is 1. The van der Waals surface area contributed by atoms with Gasteiger partial charge in [0.2, 0.25) is 0 Å². The second-order valence-electron chi connectivity index (χ2n) is 4.68. The molecule has 4 heteroatoms. The molecule has 1 atom stereocenters. The molecule has 0 bridgehead atoms. The van der Waals surface area contributed by atoms with Crippen molar-refractivity contribution >= 4 is 17.5 Å². The van der Waals surface area contributed by atoms with Gasteiger partial charge in [0.05, 0.1) is 11.6 Å². The summed E-state index contributed by atoms with van der Waals surface area (Å²) in [6.45, 7) is 3.84. The van der Waals surface area contributed by atoms with Crippen LogP contribution in [0, 0.1) is 12.7 Å². The van der Waals surface area contributed by atoms with Crippen LogP contribution in [-0.4, -0.2) is 5.91 Å². The molecule has 2 nitrogen and oxygen atoms in total. The Kier molecular flexibility index (Phi) is 4.40. The SMILES string of the molecule is Cc1ccccc1[C@H](C)NC(=O)c1ccc(Cl)cc1F. The van der Waals surface area contributed by atoms with Gasteiger partial charge in [-0.2, -0.15) is 0 Å². The zero-order valence-electron chi connectivity index (χ0n) is 11.3. The van der Waals surface area contributed by atoms with E-state index in [0.29, 0.717) is 0 Å². The topological polar surface area (TPSA) is 29.1 Å². The molecule has 0 radical (unpaired) electrons. The Morgan fingerprint density at radius 1 is 1.25 bits per heavy atom. The molecule has 20 heavy (non-hydrogen) atoms. The van der Waals surface area contributed by atoms with Crippen LogP contribution in [0.1, 0.15) is 34.5 Å². The zero-order chi connectivity index (χ0) is 14.7. The third-order valence-corrected chi connectivity index (χ3v) is 3.41. The van der Waals surface area contributed by atoms with Crippen LogP contribution in [0.4, 0.5) is 4.39 Å². The molecule has 0 aromatic heterocycles. The van der Waals surface area contributed by atoms with Crippen LogP contribution in [0.5, 0.6) is 0 Å². The highest BCUT2D eigenvalue weighted by molar-refractivity contribution is 6.30. The summed E-state index contributed by atoms with van der Waals surface area (Å²) < 4.78 is 13.7. The Morgan fingerprint density at radius 3 is 2.60 bits per heavy atom. The van der Waals surface area contributed by atoms with Crippen molar-refractivity contribution in [1.82, 2.24) is 5.32 Å². The molecule has 2 aromatic rings. The predicted molar refractivity (Wildman–Crippen MR) is 78.5 cm³/mol. The average molecular weight is 292 g/mol. The lowest BCUT2D eigenvalue weighted by Gasteiger charge is -2.16. The molecule has 0 saturated heterocycles. The molecule has 2 rings (SSSR count). The molecule has 0 aliphatic carbocycles. The van der Waals surface area contributed by atoms with E-state index in [-0.39, 0.29) is 16.6 Å². The maximum atomic E-state index is 13.7. The van der Waals surface area contributed by atoms with Gasteiger partial charge in [-0.3, -0.25) is 4.79 Å². The van der Waals surface area contributed by atoms with Crippen molar-refractivity contribution in [3.63, 3.8) is 0 Å². The maximum absolute atomic E-state index is 13.7. The molecule has 0 unspecified atom stereocenters. The molecule has 0 saturated carbocycles. The van der Waals surface area contributed by atoms with Gasteiger partial charge in [-0.15, -0.1) is 0 Å². The Labute approximate surface area is 122 Å². The standard InChI is InChI=1S/C16H15ClFNO/c1-10-5-3-4-6-13(10)11(2)19-16(20)14-8-7-12(17)9-15(14)18/h3-9,11H,1-2H3,(H,19,20)/t11-/m0/s1. The lowest BCUT2D eigenvalue weighted by Crippen LogP contribution is -2.27. The van der Waals surface area contributed by atoms with Crippen molar-refractivity contribution in [2.75, 3.05) is 0 Å². The number of benzene rings is 2. The van der Waals surface area contributed by atoms with Gasteiger partial charge < -0.3 is 5.32 Å². The van der Waals surface area contributed by atoms with Gasteiger partial charge in [-0.25, -0.2) is 4.39 Å². The fourth-order valence-corrected chi connectivity index (χ4v) is 2.26. The summed E-state index contributed by atoms with van der Waals surface area (Å²) in [6, 6.07) is 11.6. The minimum atomic E-state index is -0.619. The third-order valence-electron chi connectivity index (χ3n) is 3.18. The minimum absolute atomic E-state index is 0.00478. The largest absolute Gasteiger partial charge is 0.345 e. The van der Waals surface area contributed by atoms with Gasteiger partial charge in [0.1, 0.15) is 5.82 Å². The minimum Gasteiger partial charge on any atom is -0.345 e. The molecule has 0 fully saturated rings. The molecule has 2 aromatic carbocycles. The molecule has 1 N–H and O–H groups in total. The van der Waals surface area contributed by atoms with Crippen LogP contribution < -0.4 is 5.32 Å². The molecule has 1 amide bonds. The number of hydrogen-bond donors (Lipinski definition) is 1. The zero-order valence-corrected chi connectivity index (χ0v) is 12.0. The highest BCUT2D eigenvalue weighted by Crippen LogP contribution is 2.19. The van der Waals surface area contributed by atoms with Gasteiger partial charge in [0, 0.05) is 5.02 Å². The number of halogens is 2. The van der Waals surface area contributed by atoms with Crippen molar-refractivity contribution in [1.29, 1.82) is 0 Å². The van der Waals surface area contributed by atoms with E-state index in [2.05, 4.69) is 5.32 Å². The normalized spacial score (nSPS) is 12.0. The first-order valence-electron chi connectivity index (χ1n) is 6.30.